The maximum absolute atomic E-state index is 5.70. The Labute approximate surface area is 147 Å². The molecule has 3 nitrogen and oxygen atoms in total. The van der Waals surface area contributed by atoms with Crippen LogP contribution in [0.4, 0.5) is 0 Å². The predicted octanol–water partition coefficient (Wildman–Crippen LogP) is 3.28. The summed E-state index contributed by atoms with van der Waals surface area (Å²) >= 11 is 5.70. The van der Waals surface area contributed by atoms with Gasteiger partial charge < -0.3 is 4.90 Å². The Morgan fingerprint density at radius 2 is 1.75 bits per heavy atom. The van der Waals surface area contributed by atoms with Crippen molar-refractivity contribution in [1.29, 1.82) is 0 Å². The van der Waals surface area contributed by atoms with Gasteiger partial charge >= 0.3 is 0 Å². The van der Waals surface area contributed by atoms with Crippen LogP contribution < -0.4 is 5.43 Å². The highest BCUT2D eigenvalue weighted by atomic mass is 32.1. The Bertz CT molecular complexity index is 814. The number of thiocarbonyl (C=S) groups is 1. The molecule has 0 radical (unpaired) electrons. The summed E-state index contributed by atoms with van der Waals surface area (Å²) in [5.41, 5.74) is 9.08. The zero-order valence-electron chi connectivity index (χ0n) is 13.4. The van der Waals surface area contributed by atoms with Crippen molar-refractivity contribution >= 4 is 17.3 Å². The number of nitrogens with zero attached hydrogens (tertiary/aromatic N) is 2. The van der Waals surface area contributed by atoms with Gasteiger partial charge in [-0.3, -0.25) is 5.01 Å². The molecule has 2 fully saturated rings. The molecule has 1 unspecified atom stereocenters. The lowest BCUT2D eigenvalue weighted by atomic mass is 9.84. The molecular weight excluding hydrogens is 314 g/mol. The Morgan fingerprint density at radius 3 is 2.33 bits per heavy atom. The van der Waals surface area contributed by atoms with E-state index >= 15 is 0 Å². The standard InChI is InChI=1S/C20H19N3S/c1-2-11-22-13-14-12-20(21-23(14)19(22)24)17-9-5-3-7-15(17)16-8-4-6-10-18(16)20/h2-10,14,21H,1,11-13H2. The van der Waals surface area contributed by atoms with Crippen molar-refractivity contribution in [2.45, 2.75) is 18.0 Å². The second-order valence-electron chi connectivity index (χ2n) is 6.81. The first kappa shape index (κ1) is 14.2. The minimum absolute atomic E-state index is 0.151. The average Bonchev–Trinajstić information content (AvgIpc) is 3.22. The molecule has 2 aromatic rings. The Kier molecular flexibility index (Phi) is 2.91. The van der Waals surface area contributed by atoms with Crippen LogP contribution in [0.3, 0.4) is 0 Å². The summed E-state index contributed by atoms with van der Waals surface area (Å²) in [6.07, 6.45) is 2.96. The number of hydrogen-bond donors (Lipinski definition) is 1. The van der Waals surface area contributed by atoms with Crippen molar-refractivity contribution < 1.29 is 0 Å². The third kappa shape index (κ3) is 1.67. The Hall–Kier alpha value is -2.17. The van der Waals surface area contributed by atoms with Gasteiger partial charge in [-0.25, -0.2) is 5.43 Å². The van der Waals surface area contributed by atoms with E-state index in [9.17, 15) is 0 Å². The van der Waals surface area contributed by atoms with Gasteiger partial charge in [0.05, 0.1) is 11.6 Å². The van der Waals surface area contributed by atoms with Crippen molar-refractivity contribution in [3.8, 4) is 11.1 Å². The first-order chi connectivity index (χ1) is 11.7. The molecule has 1 atom stereocenters. The summed E-state index contributed by atoms with van der Waals surface area (Å²) in [7, 11) is 0. The lowest BCUT2D eigenvalue weighted by Crippen LogP contribution is -2.47. The van der Waals surface area contributed by atoms with Crippen LogP contribution in [0.15, 0.2) is 61.2 Å². The fraction of sp³-hybridized carbons (Fsp3) is 0.250. The van der Waals surface area contributed by atoms with E-state index in [1.165, 1.54) is 22.3 Å². The van der Waals surface area contributed by atoms with Crippen LogP contribution in [0.5, 0.6) is 0 Å². The normalized spacial score (nSPS) is 22.7. The van der Waals surface area contributed by atoms with E-state index in [4.69, 9.17) is 12.2 Å². The zero-order valence-corrected chi connectivity index (χ0v) is 14.2. The topological polar surface area (TPSA) is 18.5 Å². The molecule has 1 N–H and O–H groups in total. The molecule has 4 heteroatoms. The minimum Gasteiger partial charge on any atom is -0.342 e. The summed E-state index contributed by atoms with van der Waals surface area (Å²) < 4.78 is 0. The van der Waals surface area contributed by atoms with Crippen molar-refractivity contribution in [2.24, 2.45) is 0 Å². The van der Waals surface area contributed by atoms with E-state index in [0.29, 0.717) is 6.04 Å². The monoisotopic (exact) mass is 333 g/mol. The number of hydrogen-bond acceptors (Lipinski definition) is 2. The van der Waals surface area contributed by atoms with Gasteiger partial charge in [-0.1, -0.05) is 54.6 Å². The van der Waals surface area contributed by atoms with Crippen LogP contribution in [-0.4, -0.2) is 34.2 Å². The van der Waals surface area contributed by atoms with E-state index in [2.05, 4.69) is 70.4 Å². The molecule has 2 aromatic carbocycles. The van der Waals surface area contributed by atoms with Gasteiger partial charge in [0.25, 0.3) is 0 Å². The lowest BCUT2D eigenvalue weighted by Gasteiger charge is -2.30. The Morgan fingerprint density at radius 1 is 1.12 bits per heavy atom. The van der Waals surface area contributed by atoms with Gasteiger partial charge in [0, 0.05) is 13.1 Å². The van der Waals surface area contributed by atoms with Crippen molar-refractivity contribution in [3.63, 3.8) is 0 Å². The molecule has 2 heterocycles. The second kappa shape index (κ2) is 4.91. The van der Waals surface area contributed by atoms with Crippen LogP contribution >= 0.6 is 12.2 Å². The van der Waals surface area contributed by atoms with Crippen LogP contribution in [0.1, 0.15) is 17.5 Å². The molecular formula is C20H19N3S. The molecule has 1 spiro atoms. The fourth-order valence-corrected chi connectivity index (χ4v) is 4.94. The minimum atomic E-state index is -0.151. The van der Waals surface area contributed by atoms with Gasteiger partial charge in [-0.2, -0.15) is 0 Å². The van der Waals surface area contributed by atoms with Crippen LogP contribution in [0, 0.1) is 0 Å². The number of nitrogens with one attached hydrogen (secondary N) is 1. The van der Waals surface area contributed by atoms with Crippen molar-refractivity contribution in [1.82, 2.24) is 15.3 Å². The Balaban J connectivity index is 1.61. The number of hydrazine groups is 1. The highest BCUT2D eigenvalue weighted by Crippen LogP contribution is 2.53. The van der Waals surface area contributed by atoms with Crippen LogP contribution in [-0.2, 0) is 5.54 Å². The summed E-state index contributed by atoms with van der Waals surface area (Å²) in [5, 5.41) is 3.09. The summed E-state index contributed by atoms with van der Waals surface area (Å²) in [6.45, 7) is 5.62. The molecule has 120 valence electrons. The molecule has 24 heavy (non-hydrogen) atoms. The quantitative estimate of drug-likeness (QED) is 0.671. The van der Waals surface area contributed by atoms with E-state index < -0.39 is 0 Å². The summed E-state index contributed by atoms with van der Waals surface area (Å²) in [5.74, 6) is 0. The molecule has 2 aliphatic heterocycles. The van der Waals surface area contributed by atoms with E-state index in [0.717, 1.165) is 24.6 Å². The number of fused-ring (bicyclic) bond motifs is 6. The first-order valence-electron chi connectivity index (χ1n) is 8.41. The molecule has 0 saturated carbocycles. The van der Waals surface area contributed by atoms with E-state index in [-0.39, 0.29) is 5.54 Å². The molecule has 5 rings (SSSR count). The number of benzene rings is 2. The maximum atomic E-state index is 5.70. The molecule has 1 aliphatic carbocycles. The largest absolute Gasteiger partial charge is 0.342 e. The fourth-order valence-electron chi connectivity index (χ4n) is 4.60. The SMILES string of the molecule is C=CCN1CC2CC3(NN2C1=S)c1ccccc1-c1ccccc13. The van der Waals surface area contributed by atoms with Gasteiger partial charge in [-0.15, -0.1) is 6.58 Å². The molecule has 2 saturated heterocycles. The van der Waals surface area contributed by atoms with Gasteiger partial charge in [-0.05, 0) is 40.9 Å². The summed E-state index contributed by atoms with van der Waals surface area (Å²) in [4.78, 5) is 2.22. The maximum Gasteiger partial charge on any atom is 0.186 e. The third-order valence-electron chi connectivity index (χ3n) is 5.54. The first-order valence-corrected chi connectivity index (χ1v) is 8.82. The highest BCUT2D eigenvalue weighted by molar-refractivity contribution is 7.80. The molecule has 0 bridgehead atoms. The van der Waals surface area contributed by atoms with Crippen molar-refractivity contribution in [2.75, 3.05) is 13.1 Å². The van der Waals surface area contributed by atoms with Gasteiger partial charge in [0.1, 0.15) is 0 Å². The second-order valence-corrected chi connectivity index (χ2v) is 7.18. The van der Waals surface area contributed by atoms with Crippen LogP contribution in [0.2, 0.25) is 0 Å². The third-order valence-corrected chi connectivity index (χ3v) is 5.99. The average molecular weight is 333 g/mol. The van der Waals surface area contributed by atoms with Crippen LogP contribution in [0.25, 0.3) is 11.1 Å². The summed E-state index contributed by atoms with van der Waals surface area (Å²) in [6, 6.07) is 17.9. The van der Waals surface area contributed by atoms with Crippen molar-refractivity contribution in [3.05, 3.63) is 72.3 Å². The smallest absolute Gasteiger partial charge is 0.186 e. The molecule has 3 aliphatic rings. The zero-order chi connectivity index (χ0) is 16.3. The number of rotatable bonds is 2. The molecule has 0 amide bonds. The van der Waals surface area contributed by atoms with Gasteiger partial charge in [0.2, 0.25) is 0 Å². The van der Waals surface area contributed by atoms with E-state index in [1.807, 2.05) is 6.08 Å². The highest BCUT2D eigenvalue weighted by Gasteiger charge is 2.54. The predicted molar refractivity (Wildman–Crippen MR) is 100 cm³/mol. The van der Waals surface area contributed by atoms with Gasteiger partial charge in [0.15, 0.2) is 5.11 Å². The lowest BCUT2D eigenvalue weighted by molar-refractivity contribution is 0.308. The molecule has 0 aromatic heterocycles. The van der Waals surface area contributed by atoms with E-state index in [1.54, 1.807) is 0 Å².